The van der Waals surface area contributed by atoms with E-state index in [1.807, 2.05) is 30.3 Å². The van der Waals surface area contributed by atoms with Gasteiger partial charge in [0.1, 0.15) is 0 Å². The van der Waals surface area contributed by atoms with E-state index in [2.05, 4.69) is 10.4 Å². The third kappa shape index (κ3) is 2.60. The minimum absolute atomic E-state index is 0.0605. The Kier molecular flexibility index (Phi) is 3.61. The first kappa shape index (κ1) is 15.5. The summed E-state index contributed by atoms with van der Waals surface area (Å²) in [5.41, 5.74) is 8.74. The minimum atomic E-state index is -0.556. The van der Waals surface area contributed by atoms with Crippen molar-refractivity contribution in [2.24, 2.45) is 5.73 Å². The maximum absolute atomic E-state index is 11.9. The highest BCUT2D eigenvalue weighted by Gasteiger charge is 2.22. The molecule has 1 aromatic carbocycles. The fourth-order valence-electron chi connectivity index (χ4n) is 2.81. The molecule has 0 saturated carbocycles. The first-order chi connectivity index (χ1) is 12.0. The van der Waals surface area contributed by atoms with Crippen LogP contribution in [0.5, 0.6) is 0 Å². The summed E-state index contributed by atoms with van der Waals surface area (Å²) in [6.07, 6.45) is 3.24. The summed E-state index contributed by atoms with van der Waals surface area (Å²) in [5, 5.41) is 7.44. The molecular weight excluding hydrogens is 338 g/mol. The molecule has 0 fully saturated rings. The molecule has 4 rings (SSSR count). The van der Waals surface area contributed by atoms with Gasteiger partial charge in [0.15, 0.2) is 0 Å². The van der Waals surface area contributed by atoms with Crippen molar-refractivity contribution >= 4 is 46.2 Å². The van der Waals surface area contributed by atoms with Gasteiger partial charge < -0.3 is 16.0 Å². The van der Waals surface area contributed by atoms with Crippen molar-refractivity contribution in [3.8, 4) is 0 Å². The number of nitrogens with two attached hydrogens (primary N) is 1. The topological polar surface area (TPSA) is 92.7 Å². The lowest BCUT2D eigenvalue weighted by molar-refractivity contribution is -0.116. The predicted octanol–water partition coefficient (Wildman–Crippen LogP) is 2.25. The molecule has 3 N–H and O–H groups in total. The van der Waals surface area contributed by atoms with Crippen LogP contribution < -0.4 is 16.0 Å². The van der Waals surface area contributed by atoms with Crippen molar-refractivity contribution in [3.05, 3.63) is 48.3 Å². The lowest BCUT2D eigenvalue weighted by atomic mass is 10.2. The zero-order valence-corrected chi connectivity index (χ0v) is 14.2. The highest BCUT2D eigenvalue weighted by Crippen LogP contribution is 2.37. The Balaban J connectivity index is 1.80. The monoisotopic (exact) mass is 353 g/mol. The molecule has 0 bridgehead atoms. The zero-order valence-electron chi connectivity index (χ0n) is 13.4. The molecule has 2 aromatic heterocycles. The van der Waals surface area contributed by atoms with Gasteiger partial charge in [-0.1, -0.05) is 0 Å². The Morgan fingerprint density at radius 3 is 3.00 bits per heavy atom. The quantitative estimate of drug-likeness (QED) is 0.753. The number of nitrogens with one attached hydrogen (secondary N) is 1. The molecule has 7 nitrogen and oxygen atoms in total. The third-order valence-corrected chi connectivity index (χ3v) is 5.19. The summed E-state index contributed by atoms with van der Waals surface area (Å²) >= 11 is 1.52. The van der Waals surface area contributed by atoms with Crippen molar-refractivity contribution in [2.45, 2.75) is 4.90 Å². The number of hydrogen-bond acceptors (Lipinski definition) is 5. The highest BCUT2D eigenvalue weighted by molar-refractivity contribution is 8.00. The van der Waals surface area contributed by atoms with Crippen molar-refractivity contribution in [3.63, 3.8) is 0 Å². The lowest BCUT2D eigenvalue weighted by Gasteiger charge is -2.26. The molecule has 1 aliphatic rings. The second-order valence-electron chi connectivity index (χ2n) is 5.68. The minimum Gasteiger partial charge on any atom is -0.365 e. The Morgan fingerprint density at radius 2 is 2.20 bits per heavy atom. The molecule has 0 aliphatic carbocycles. The fraction of sp³-hybridized carbons (Fsp3) is 0.118. The Morgan fingerprint density at radius 1 is 1.36 bits per heavy atom. The molecule has 3 heterocycles. The van der Waals surface area contributed by atoms with Crippen LogP contribution in [0.25, 0.3) is 5.52 Å². The van der Waals surface area contributed by atoms with E-state index in [-0.39, 0.29) is 5.91 Å². The third-order valence-electron chi connectivity index (χ3n) is 4.15. The number of fused-ring (bicyclic) bond motifs is 2. The van der Waals surface area contributed by atoms with Crippen molar-refractivity contribution < 1.29 is 9.59 Å². The van der Waals surface area contributed by atoms with E-state index in [9.17, 15) is 9.59 Å². The van der Waals surface area contributed by atoms with Crippen LogP contribution in [0, 0.1) is 0 Å². The van der Waals surface area contributed by atoms with Gasteiger partial charge in [-0.25, -0.2) is 4.52 Å². The number of benzene rings is 1. The van der Waals surface area contributed by atoms with Gasteiger partial charge >= 0.3 is 0 Å². The smallest absolute Gasteiger partial charge is 0.252 e. The van der Waals surface area contributed by atoms with Gasteiger partial charge in [-0.15, -0.1) is 11.8 Å². The summed E-state index contributed by atoms with van der Waals surface area (Å²) in [5.74, 6) is -0.0538. The standard InChI is InChI=1S/C17H15N5O2S/c1-21-13-7-10(4-5-14(13)25-9-15(21)23)20-16-11(17(18)24)8-19-22-6-2-3-12(16)22/h2-8,20H,9H2,1H3,(H2,18,24). The van der Waals surface area contributed by atoms with E-state index >= 15 is 0 Å². The summed E-state index contributed by atoms with van der Waals surface area (Å²) < 4.78 is 1.67. The molecule has 1 aliphatic heterocycles. The average molecular weight is 353 g/mol. The molecule has 25 heavy (non-hydrogen) atoms. The first-order valence-electron chi connectivity index (χ1n) is 7.61. The van der Waals surface area contributed by atoms with Gasteiger partial charge in [-0.3, -0.25) is 9.59 Å². The fourth-order valence-corrected chi connectivity index (χ4v) is 3.79. The number of thioether (sulfide) groups is 1. The van der Waals surface area contributed by atoms with Crippen molar-refractivity contribution in [2.75, 3.05) is 23.0 Å². The lowest BCUT2D eigenvalue weighted by Crippen LogP contribution is -2.31. The van der Waals surface area contributed by atoms with Crippen LogP contribution in [0.1, 0.15) is 10.4 Å². The molecule has 126 valence electrons. The molecule has 0 spiro atoms. The summed E-state index contributed by atoms with van der Waals surface area (Å²) in [6.45, 7) is 0. The second kappa shape index (κ2) is 5.82. The Labute approximate surface area is 147 Å². The number of carbonyl (C=O) groups is 2. The van der Waals surface area contributed by atoms with Crippen molar-refractivity contribution in [1.82, 2.24) is 9.61 Å². The largest absolute Gasteiger partial charge is 0.365 e. The number of carbonyl (C=O) groups excluding carboxylic acids is 2. The number of nitrogens with zero attached hydrogens (tertiary/aromatic N) is 3. The molecule has 0 radical (unpaired) electrons. The Hall–Kier alpha value is -3.00. The van der Waals surface area contributed by atoms with E-state index in [1.54, 1.807) is 22.7 Å². The molecule has 2 amide bonds. The number of primary amides is 1. The van der Waals surface area contributed by atoms with Crippen molar-refractivity contribution in [1.29, 1.82) is 0 Å². The van der Waals surface area contributed by atoms with Crippen LogP contribution in [0.3, 0.4) is 0 Å². The van der Waals surface area contributed by atoms with Gasteiger partial charge in [0.05, 0.1) is 34.4 Å². The molecule has 0 unspecified atom stereocenters. The second-order valence-corrected chi connectivity index (χ2v) is 6.70. The van der Waals surface area contributed by atoms with Crippen LogP contribution >= 0.6 is 11.8 Å². The van der Waals surface area contributed by atoms with Crippen LogP contribution in [-0.4, -0.2) is 34.2 Å². The normalized spacial score (nSPS) is 13.8. The van der Waals surface area contributed by atoms with E-state index in [0.717, 1.165) is 21.8 Å². The maximum atomic E-state index is 11.9. The number of hydrogen-bond donors (Lipinski definition) is 2. The van der Waals surface area contributed by atoms with E-state index in [4.69, 9.17) is 5.73 Å². The number of rotatable bonds is 3. The van der Waals surface area contributed by atoms with E-state index < -0.39 is 5.91 Å². The van der Waals surface area contributed by atoms with Gasteiger partial charge in [0.25, 0.3) is 5.91 Å². The molecule has 0 saturated heterocycles. The van der Waals surface area contributed by atoms with Crippen LogP contribution in [-0.2, 0) is 4.79 Å². The number of anilines is 3. The summed E-state index contributed by atoms with van der Waals surface area (Å²) in [7, 11) is 1.76. The Bertz CT molecular complexity index is 1010. The van der Waals surface area contributed by atoms with E-state index in [1.165, 1.54) is 18.0 Å². The van der Waals surface area contributed by atoms with E-state index in [0.29, 0.717) is 17.0 Å². The van der Waals surface area contributed by atoms with Crippen LogP contribution in [0.15, 0.2) is 47.6 Å². The number of aromatic nitrogens is 2. The maximum Gasteiger partial charge on any atom is 0.252 e. The molecular formula is C17H15N5O2S. The van der Waals surface area contributed by atoms with Gasteiger partial charge in [0, 0.05) is 23.8 Å². The molecule has 8 heteroatoms. The zero-order chi connectivity index (χ0) is 17.6. The predicted molar refractivity (Wildman–Crippen MR) is 97.6 cm³/mol. The summed E-state index contributed by atoms with van der Waals surface area (Å²) in [4.78, 5) is 26.4. The first-order valence-corrected chi connectivity index (χ1v) is 8.60. The SMILES string of the molecule is CN1C(=O)CSc2ccc(Nc3c(C(N)=O)cnn4cccc34)cc21. The molecule has 3 aromatic rings. The molecule has 0 atom stereocenters. The van der Waals surface area contributed by atoms with Gasteiger partial charge in [-0.05, 0) is 30.3 Å². The summed E-state index contributed by atoms with van der Waals surface area (Å²) in [6, 6.07) is 9.47. The van der Waals surface area contributed by atoms with Gasteiger partial charge in [-0.2, -0.15) is 5.10 Å². The van der Waals surface area contributed by atoms with Gasteiger partial charge in [0.2, 0.25) is 5.91 Å². The number of amides is 2. The van der Waals surface area contributed by atoms with Crippen LogP contribution in [0.2, 0.25) is 0 Å². The highest BCUT2D eigenvalue weighted by atomic mass is 32.2. The van der Waals surface area contributed by atoms with Crippen LogP contribution in [0.4, 0.5) is 17.1 Å². The average Bonchev–Trinajstić information content (AvgIpc) is 3.08.